The fourth-order valence-corrected chi connectivity index (χ4v) is 5.76. The standard InChI is InChI=1S/C17H10NS.C12H10N.C11H8N.Ir/c1-2-7-16-13(5-1)14-11-12(8-9-17(14)19-16)15-6-3-4-10-18-15;1-13-10-6-5-9-12(13)11-7-3-2-4-8-11;1-2-6-10(7-3-1)11-8-4-5-9-12-11;/h1-7,9-11H;2-7,9-10H,1H2;1-6,8-9H;/q3*-1;. The summed E-state index contributed by atoms with van der Waals surface area (Å²) in [7, 11) is 3.89. The van der Waals surface area contributed by atoms with Crippen LogP contribution in [-0.2, 0) is 20.1 Å². The molecule has 0 aliphatic carbocycles. The van der Waals surface area contributed by atoms with Gasteiger partial charge in [-0.2, -0.15) is 11.3 Å². The molecule has 4 aromatic carbocycles. The predicted molar refractivity (Wildman–Crippen MR) is 182 cm³/mol. The SMILES string of the molecule is [CH2-][n+]1ccccc1-c1[c-]cccc1.[Ir].[c-]1cc2sc3ccccc3c2cc1-c1ccccn1.[c-]1ccccc1-c1ccccn1. The fourth-order valence-electron chi connectivity index (χ4n) is 4.69. The molecule has 0 atom stereocenters. The summed E-state index contributed by atoms with van der Waals surface area (Å²) in [4.78, 5) is 8.61. The summed E-state index contributed by atoms with van der Waals surface area (Å²) in [6.45, 7) is 0. The minimum Gasteiger partial charge on any atom is -0.321 e. The summed E-state index contributed by atoms with van der Waals surface area (Å²) >= 11 is 1.81. The molecule has 8 rings (SSSR count). The van der Waals surface area contributed by atoms with Crippen molar-refractivity contribution in [2.45, 2.75) is 0 Å². The van der Waals surface area contributed by atoms with E-state index in [9.17, 15) is 0 Å². The van der Waals surface area contributed by atoms with E-state index in [0.717, 1.165) is 33.8 Å². The smallest absolute Gasteiger partial charge is 0.115 e. The van der Waals surface area contributed by atoms with Crippen molar-refractivity contribution in [3.63, 3.8) is 0 Å². The zero-order valence-electron chi connectivity index (χ0n) is 24.3. The number of hydrogen-bond acceptors (Lipinski definition) is 3. The Morgan fingerprint density at radius 3 is 1.82 bits per heavy atom. The third-order valence-corrected chi connectivity index (χ3v) is 7.96. The van der Waals surface area contributed by atoms with Crippen LogP contribution < -0.4 is 4.57 Å². The van der Waals surface area contributed by atoms with E-state index in [4.69, 9.17) is 0 Å². The number of rotatable bonds is 3. The molecule has 221 valence electrons. The van der Waals surface area contributed by atoms with E-state index in [1.54, 1.807) is 6.20 Å². The van der Waals surface area contributed by atoms with E-state index in [1.807, 2.05) is 131 Å². The molecule has 5 heteroatoms. The van der Waals surface area contributed by atoms with Crippen molar-refractivity contribution in [3.05, 3.63) is 183 Å². The van der Waals surface area contributed by atoms with Gasteiger partial charge in [-0.05, 0) is 45.7 Å². The second kappa shape index (κ2) is 15.7. The quantitative estimate of drug-likeness (QED) is 0.132. The van der Waals surface area contributed by atoms with Gasteiger partial charge in [-0.15, -0.1) is 90.0 Å². The second-order valence-electron chi connectivity index (χ2n) is 9.76. The van der Waals surface area contributed by atoms with Crippen LogP contribution in [0.15, 0.2) is 158 Å². The molecular weight excluding hydrogens is 747 g/mol. The molecule has 4 aromatic heterocycles. The summed E-state index contributed by atoms with van der Waals surface area (Å²) in [5.74, 6) is 0. The maximum Gasteiger partial charge on any atom is 0.115 e. The molecule has 0 unspecified atom stereocenters. The van der Waals surface area contributed by atoms with Crippen molar-refractivity contribution in [2.24, 2.45) is 0 Å². The molecule has 0 bridgehead atoms. The Bertz CT molecular complexity index is 2030. The number of benzene rings is 4. The Labute approximate surface area is 281 Å². The van der Waals surface area contributed by atoms with Gasteiger partial charge in [0, 0.05) is 44.2 Å². The summed E-state index contributed by atoms with van der Waals surface area (Å²) in [6, 6.07) is 55.9. The van der Waals surface area contributed by atoms with Gasteiger partial charge in [0.2, 0.25) is 0 Å². The molecule has 8 aromatic rings. The first-order valence-corrected chi connectivity index (χ1v) is 15.0. The van der Waals surface area contributed by atoms with E-state index < -0.39 is 0 Å². The van der Waals surface area contributed by atoms with Crippen molar-refractivity contribution in [2.75, 3.05) is 0 Å². The van der Waals surface area contributed by atoms with Crippen LogP contribution in [0.2, 0.25) is 0 Å². The van der Waals surface area contributed by atoms with Crippen LogP contribution in [0.3, 0.4) is 0 Å². The van der Waals surface area contributed by atoms with E-state index in [0.29, 0.717) is 0 Å². The van der Waals surface area contributed by atoms with Crippen molar-refractivity contribution in [1.29, 1.82) is 0 Å². The molecule has 3 nitrogen and oxygen atoms in total. The Morgan fingerprint density at radius 2 is 1.18 bits per heavy atom. The van der Waals surface area contributed by atoms with Crippen LogP contribution in [-0.4, -0.2) is 9.97 Å². The summed E-state index contributed by atoms with van der Waals surface area (Å²) < 4.78 is 4.44. The van der Waals surface area contributed by atoms with Crippen LogP contribution in [0.4, 0.5) is 0 Å². The van der Waals surface area contributed by atoms with Crippen LogP contribution in [0.25, 0.3) is 53.9 Å². The van der Waals surface area contributed by atoms with Crippen LogP contribution >= 0.6 is 11.3 Å². The van der Waals surface area contributed by atoms with Gasteiger partial charge in [0.1, 0.15) is 5.69 Å². The molecule has 4 heterocycles. The normalized spacial score (nSPS) is 10.1. The molecule has 45 heavy (non-hydrogen) atoms. The fraction of sp³-hybridized carbons (Fsp3) is 0. The van der Waals surface area contributed by atoms with Gasteiger partial charge < -0.3 is 14.5 Å². The zero-order valence-corrected chi connectivity index (χ0v) is 27.5. The van der Waals surface area contributed by atoms with Gasteiger partial charge in [-0.1, -0.05) is 65.5 Å². The molecule has 0 saturated carbocycles. The van der Waals surface area contributed by atoms with Gasteiger partial charge in [0.15, 0.2) is 0 Å². The van der Waals surface area contributed by atoms with Gasteiger partial charge in [0.05, 0.1) is 6.20 Å². The van der Waals surface area contributed by atoms with Crippen LogP contribution in [0.1, 0.15) is 0 Å². The largest absolute Gasteiger partial charge is 0.321 e. The molecule has 0 aliphatic rings. The third kappa shape index (κ3) is 7.97. The summed E-state index contributed by atoms with van der Waals surface area (Å²) in [5.41, 5.74) is 6.17. The molecule has 1 radical (unpaired) electrons. The molecule has 0 amide bonds. The monoisotopic (exact) mass is 775 g/mol. The van der Waals surface area contributed by atoms with Crippen molar-refractivity contribution in [3.8, 4) is 33.8 Å². The van der Waals surface area contributed by atoms with Crippen LogP contribution in [0.5, 0.6) is 0 Å². The maximum atomic E-state index is 4.39. The average molecular weight is 775 g/mol. The zero-order chi connectivity index (χ0) is 30.0. The van der Waals surface area contributed by atoms with Gasteiger partial charge in [-0.3, -0.25) is 0 Å². The van der Waals surface area contributed by atoms with Crippen LogP contribution in [0, 0.1) is 25.2 Å². The number of aromatic nitrogens is 3. The Hall–Kier alpha value is -4.93. The number of nitrogens with zero attached hydrogens (tertiary/aromatic N) is 3. The molecule has 0 saturated heterocycles. The minimum atomic E-state index is 0. The number of thiophene rings is 1. The van der Waals surface area contributed by atoms with Gasteiger partial charge in [-0.25, -0.2) is 0 Å². The van der Waals surface area contributed by atoms with Gasteiger partial charge >= 0.3 is 0 Å². The minimum absolute atomic E-state index is 0. The van der Waals surface area contributed by atoms with Crippen molar-refractivity contribution >= 4 is 31.5 Å². The maximum absolute atomic E-state index is 4.39. The number of hydrogen-bond donors (Lipinski definition) is 0. The van der Waals surface area contributed by atoms with Crippen molar-refractivity contribution in [1.82, 2.24) is 9.97 Å². The predicted octanol–water partition coefficient (Wildman–Crippen LogP) is 9.54. The first-order chi connectivity index (χ1) is 21.8. The molecule has 0 spiro atoms. The van der Waals surface area contributed by atoms with E-state index >= 15 is 0 Å². The average Bonchev–Trinajstić information content (AvgIpc) is 3.49. The van der Waals surface area contributed by atoms with E-state index in [1.165, 1.54) is 20.2 Å². The third-order valence-electron chi connectivity index (χ3n) is 6.83. The molecule has 0 aliphatic heterocycles. The second-order valence-corrected chi connectivity index (χ2v) is 10.8. The topological polar surface area (TPSA) is 29.7 Å². The van der Waals surface area contributed by atoms with E-state index in [2.05, 4.69) is 71.6 Å². The first kappa shape index (κ1) is 31.5. The van der Waals surface area contributed by atoms with Crippen molar-refractivity contribution < 1.29 is 24.7 Å². The molecular formula is C40H28IrN3S-3. The Kier molecular flexibility index (Phi) is 11.0. The summed E-state index contributed by atoms with van der Waals surface area (Å²) in [5, 5.41) is 2.61. The Morgan fingerprint density at radius 1 is 0.556 bits per heavy atom. The first-order valence-electron chi connectivity index (χ1n) is 14.2. The van der Waals surface area contributed by atoms with E-state index in [-0.39, 0.29) is 20.1 Å². The number of fused-ring (bicyclic) bond motifs is 3. The number of pyridine rings is 3. The molecule has 0 N–H and O–H groups in total. The molecule has 0 fully saturated rings. The Balaban J connectivity index is 0.000000137. The summed E-state index contributed by atoms with van der Waals surface area (Å²) in [6.07, 6.45) is 5.53. The van der Waals surface area contributed by atoms with Gasteiger partial charge in [0.25, 0.3) is 0 Å².